The number of hydrogen-bond acceptors (Lipinski definition) is 3. The highest BCUT2D eigenvalue weighted by molar-refractivity contribution is 5.85. The van der Waals surface area contributed by atoms with Gasteiger partial charge in [0, 0.05) is 38.6 Å². The van der Waals surface area contributed by atoms with Gasteiger partial charge in [0.25, 0.3) is 0 Å². The Bertz CT molecular complexity index is 352. The number of likely N-dealkylation sites (tertiary alicyclic amines) is 1. The molecule has 0 aliphatic carbocycles. The first-order valence-electron chi connectivity index (χ1n) is 8.00. The van der Waals surface area contributed by atoms with Crippen LogP contribution in [0.4, 0.5) is 0 Å². The minimum absolute atomic E-state index is 0. The lowest BCUT2D eigenvalue weighted by Crippen LogP contribution is -2.57. The molecule has 5 nitrogen and oxygen atoms in total. The molecule has 122 valence electrons. The second-order valence-electron chi connectivity index (χ2n) is 5.86. The average Bonchev–Trinajstić information content (AvgIpc) is 2.48. The van der Waals surface area contributed by atoms with Gasteiger partial charge >= 0.3 is 0 Å². The van der Waals surface area contributed by atoms with Crippen molar-refractivity contribution in [1.82, 2.24) is 15.1 Å². The monoisotopic (exact) mass is 317 g/mol. The van der Waals surface area contributed by atoms with Crippen LogP contribution < -0.4 is 5.32 Å². The van der Waals surface area contributed by atoms with Crippen molar-refractivity contribution in [3.63, 3.8) is 0 Å². The van der Waals surface area contributed by atoms with Gasteiger partial charge in [0.1, 0.15) is 0 Å². The van der Waals surface area contributed by atoms with E-state index >= 15 is 0 Å². The van der Waals surface area contributed by atoms with E-state index in [4.69, 9.17) is 0 Å². The van der Waals surface area contributed by atoms with Gasteiger partial charge in [0.2, 0.25) is 11.8 Å². The maximum Gasteiger partial charge on any atom is 0.236 e. The summed E-state index contributed by atoms with van der Waals surface area (Å²) >= 11 is 0. The van der Waals surface area contributed by atoms with Crippen LogP contribution >= 0.6 is 12.4 Å². The van der Waals surface area contributed by atoms with Crippen LogP contribution in [0.3, 0.4) is 0 Å². The summed E-state index contributed by atoms with van der Waals surface area (Å²) in [5.74, 6) is 0.451. The normalized spacial score (nSPS) is 22.9. The van der Waals surface area contributed by atoms with Crippen LogP contribution in [0, 0.1) is 0 Å². The molecular formula is C15H28ClN3O2. The lowest BCUT2D eigenvalue weighted by atomic mass is 10.0. The van der Waals surface area contributed by atoms with Crippen LogP contribution in [0.2, 0.25) is 0 Å². The number of carbonyl (C=O) groups excluding carboxylic acids is 2. The Morgan fingerprint density at radius 2 is 2.14 bits per heavy atom. The van der Waals surface area contributed by atoms with Gasteiger partial charge < -0.3 is 15.1 Å². The summed E-state index contributed by atoms with van der Waals surface area (Å²) in [5.41, 5.74) is 0. The van der Waals surface area contributed by atoms with Crippen LogP contribution in [0.1, 0.15) is 45.4 Å². The third-order valence-corrected chi connectivity index (χ3v) is 4.31. The van der Waals surface area contributed by atoms with Gasteiger partial charge in [-0.2, -0.15) is 0 Å². The van der Waals surface area contributed by atoms with Crippen molar-refractivity contribution in [2.24, 2.45) is 0 Å². The predicted molar refractivity (Wildman–Crippen MR) is 85.6 cm³/mol. The third kappa shape index (κ3) is 5.15. The molecular weight excluding hydrogens is 290 g/mol. The molecule has 0 aromatic heterocycles. The number of carbonyl (C=O) groups is 2. The standard InChI is InChI=1S/C15H27N3O2.ClH/c1-2-3-4-7-14(19)17-9-5-6-13(12-17)18-10-8-16-11-15(18)20;/h13,16H,2-12H2,1H3;1H. The fourth-order valence-corrected chi connectivity index (χ4v) is 3.13. The molecule has 1 N–H and O–H groups in total. The summed E-state index contributed by atoms with van der Waals surface area (Å²) < 4.78 is 0. The van der Waals surface area contributed by atoms with E-state index in [0.717, 1.165) is 58.3 Å². The van der Waals surface area contributed by atoms with Crippen molar-refractivity contribution in [3.8, 4) is 0 Å². The van der Waals surface area contributed by atoms with Crippen LogP contribution in [-0.4, -0.2) is 60.4 Å². The van der Waals surface area contributed by atoms with Crippen LogP contribution in [0.25, 0.3) is 0 Å². The molecule has 2 fully saturated rings. The third-order valence-electron chi connectivity index (χ3n) is 4.31. The molecule has 0 aromatic rings. The molecule has 0 spiro atoms. The molecule has 0 radical (unpaired) electrons. The highest BCUT2D eigenvalue weighted by atomic mass is 35.5. The first-order chi connectivity index (χ1) is 9.72. The molecule has 21 heavy (non-hydrogen) atoms. The Balaban J connectivity index is 0.00000220. The average molecular weight is 318 g/mol. The first-order valence-corrected chi connectivity index (χ1v) is 8.00. The van der Waals surface area contributed by atoms with Gasteiger partial charge in [-0.3, -0.25) is 9.59 Å². The maximum atomic E-state index is 12.2. The predicted octanol–water partition coefficient (Wildman–Crippen LogP) is 1.41. The van der Waals surface area contributed by atoms with Crippen molar-refractivity contribution < 1.29 is 9.59 Å². The Morgan fingerprint density at radius 3 is 2.86 bits per heavy atom. The number of hydrogen-bond donors (Lipinski definition) is 1. The van der Waals surface area contributed by atoms with Gasteiger partial charge in [-0.1, -0.05) is 19.8 Å². The molecule has 2 saturated heterocycles. The van der Waals surface area contributed by atoms with Crippen molar-refractivity contribution >= 4 is 24.2 Å². The molecule has 2 amide bonds. The molecule has 0 saturated carbocycles. The van der Waals surface area contributed by atoms with E-state index in [1.807, 2.05) is 9.80 Å². The zero-order chi connectivity index (χ0) is 14.4. The van der Waals surface area contributed by atoms with Crippen molar-refractivity contribution in [3.05, 3.63) is 0 Å². The van der Waals surface area contributed by atoms with Crippen LogP contribution in [-0.2, 0) is 9.59 Å². The minimum Gasteiger partial charge on any atom is -0.341 e. The fourth-order valence-electron chi connectivity index (χ4n) is 3.13. The van der Waals surface area contributed by atoms with E-state index < -0.39 is 0 Å². The molecule has 2 rings (SSSR count). The van der Waals surface area contributed by atoms with Gasteiger partial charge in [-0.15, -0.1) is 12.4 Å². The largest absolute Gasteiger partial charge is 0.341 e. The van der Waals surface area contributed by atoms with E-state index in [-0.39, 0.29) is 30.3 Å². The smallest absolute Gasteiger partial charge is 0.236 e. The lowest BCUT2D eigenvalue weighted by Gasteiger charge is -2.41. The Labute approximate surface area is 133 Å². The number of rotatable bonds is 5. The molecule has 6 heteroatoms. The molecule has 0 aromatic carbocycles. The van der Waals surface area contributed by atoms with Crippen molar-refractivity contribution in [1.29, 1.82) is 0 Å². The number of amides is 2. The Hall–Kier alpha value is -0.810. The second kappa shape index (κ2) is 9.26. The van der Waals surface area contributed by atoms with Crippen LogP contribution in [0.5, 0.6) is 0 Å². The van der Waals surface area contributed by atoms with E-state index in [2.05, 4.69) is 12.2 Å². The minimum atomic E-state index is 0. The van der Waals surface area contributed by atoms with E-state index in [1.54, 1.807) is 0 Å². The van der Waals surface area contributed by atoms with Crippen LogP contribution in [0.15, 0.2) is 0 Å². The zero-order valence-corrected chi connectivity index (χ0v) is 13.8. The quantitative estimate of drug-likeness (QED) is 0.780. The summed E-state index contributed by atoms with van der Waals surface area (Å²) in [6.45, 7) is 5.84. The highest BCUT2D eigenvalue weighted by Crippen LogP contribution is 2.18. The van der Waals surface area contributed by atoms with Gasteiger partial charge in [0.15, 0.2) is 0 Å². The number of halogens is 1. The SMILES string of the molecule is CCCCCC(=O)N1CCCC(N2CCNCC2=O)C1.Cl. The molecule has 0 bridgehead atoms. The fraction of sp³-hybridized carbons (Fsp3) is 0.867. The Kier molecular flexibility index (Phi) is 8.04. The number of nitrogens with one attached hydrogen (secondary N) is 1. The molecule has 1 unspecified atom stereocenters. The van der Waals surface area contributed by atoms with Gasteiger partial charge in [0.05, 0.1) is 6.54 Å². The summed E-state index contributed by atoms with van der Waals surface area (Å²) in [4.78, 5) is 28.1. The first kappa shape index (κ1) is 18.2. The Morgan fingerprint density at radius 1 is 1.33 bits per heavy atom. The van der Waals surface area contributed by atoms with Gasteiger partial charge in [-0.05, 0) is 19.3 Å². The number of unbranched alkanes of at least 4 members (excludes halogenated alkanes) is 2. The molecule has 1 atom stereocenters. The van der Waals surface area contributed by atoms with E-state index in [0.29, 0.717) is 13.0 Å². The zero-order valence-electron chi connectivity index (χ0n) is 13.0. The van der Waals surface area contributed by atoms with E-state index in [9.17, 15) is 9.59 Å². The lowest BCUT2D eigenvalue weighted by molar-refractivity contribution is -0.140. The summed E-state index contributed by atoms with van der Waals surface area (Å²) in [6, 6.07) is 0.230. The number of piperidine rings is 1. The van der Waals surface area contributed by atoms with Crippen molar-refractivity contribution in [2.75, 3.05) is 32.7 Å². The molecule has 2 aliphatic rings. The highest BCUT2D eigenvalue weighted by Gasteiger charge is 2.31. The van der Waals surface area contributed by atoms with E-state index in [1.165, 1.54) is 0 Å². The number of piperazine rings is 1. The molecule has 2 aliphatic heterocycles. The summed E-state index contributed by atoms with van der Waals surface area (Å²) in [5, 5.41) is 3.10. The van der Waals surface area contributed by atoms with Crippen molar-refractivity contribution in [2.45, 2.75) is 51.5 Å². The van der Waals surface area contributed by atoms with Gasteiger partial charge in [-0.25, -0.2) is 0 Å². The summed E-state index contributed by atoms with van der Waals surface area (Å²) in [6.07, 6.45) is 5.97. The molecule has 2 heterocycles. The number of nitrogens with zero attached hydrogens (tertiary/aromatic N) is 2. The second-order valence-corrected chi connectivity index (χ2v) is 5.86. The topological polar surface area (TPSA) is 52.7 Å². The maximum absolute atomic E-state index is 12.2. The summed E-state index contributed by atoms with van der Waals surface area (Å²) in [7, 11) is 0.